The van der Waals surface area contributed by atoms with Crippen molar-refractivity contribution >= 4 is 17.2 Å². The van der Waals surface area contributed by atoms with Crippen LogP contribution >= 0.6 is 0 Å². The quantitative estimate of drug-likeness (QED) is 0.762. The van der Waals surface area contributed by atoms with Gasteiger partial charge in [-0.05, 0) is 25.0 Å². The van der Waals surface area contributed by atoms with Crippen molar-refractivity contribution in [2.45, 2.75) is 18.9 Å². The van der Waals surface area contributed by atoms with Crippen molar-refractivity contribution in [3.8, 4) is 11.3 Å². The summed E-state index contributed by atoms with van der Waals surface area (Å²) >= 11 is 0. The number of ether oxygens (including phenoxy) is 1. The second kappa shape index (κ2) is 6.96. The van der Waals surface area contributed by atoms with E-state index in [1.165, 1.54) is 4.90 Å². The molecule has 8 nitrogen and oxygen atoms in total. The summed E-state index contributed by atoms with van der Waals surface area (Å²) in [6, 6.07) is 7.31. The average molecular weight is 367 g/mol. The molecule has 140 valence electrons. The van der Waals surface area contributed by atoms with E-state index in [2.05, 4.69) is 9.97 Å². The summed E-state index contributed by atoms with van der Waals surface area (Å²) in [5.41, 5.74) is 2.78. The van der Waals surface area contributed by atoms with E-state index in [1.807, 2.05) is 12.1 Å². The Labute approximate surface area is 155 Å². The predicted molar refractivity (Wildman–Crippen MR) is 101 cm³/mol. The smallest absolute Gasteiger partial charge is 0.329 e. The molecule has 4 rings (SSSR count). The summed E-state index contributed by atoms with van der Waals surface area (Å²) in [4.78, 5) is 38.1. The minimum Gasteiger partial charge on any atom is -0.381 e. The third kappa shape index (κ3) is 3.23. The highest BCUT2D eigenvalue weighted by atomic mass is 16.5. The van der Waals surface area contributed by atoms with Gasteiger partial charge >= 0.3 is 5.69 Å². The van der Waals surface area contributed by atoms with Crippen LogP contribution in [-0.4, -0.2) is 57.6 Å². The van der Waals surface area contributed by atoms with Gasteiger partial charge in [0.2, 0.25) is 0 Å². The number of amides is 1. The van der Waals surface area contributed by atoms with Gasteiger partial charge in [-0.25, -0.2) is 14.8 Å². The van der Waals surface area contributed by atoms with Gasteiger partial charge in [0.05, 0.1) is 11.9 Å². The van der Waals surface area contributed by atoms with E-state index in [4.69, 9.17) is 9.72 Å². The van der Waals surface area contributed by atoms with Crippen molar-refractivity contribution in [3.05, 3.63) is 46.5 Å². The van der Waals surface area contributed by atoms with Crippen LogP contribution in [0.1, 0.15) is 29.2 Å². The zero-order chi connectivity index (χ0) is 19.0. The van der Waals surface area contributed by atoms with Crippen LogP contribution in [0, 0.1) is 0 Å². The number of nitrogens with zero attached hydrogens (tertiary/aromatic N) is 4. The molecule has 1 N–H and O–H groups in total. The molecule has 0 radical (unpaired) electrons. The molecule has 1 amide bonds. The van der Waals surface area contributed by atoms with Gasteiger partial charge in [0.25, 0.3) is 5.91 Å². The Kier molecular flexibility index (Phi) is 4.49. The molecule has 1 fully saturated rings. The van der Waals surface area contributed by atoms with Crippen molar-refractivity contribution in [1.29, 1.82) is 0 Å². The molecule has 8 heteroatoms. The highest BCUT2D eigenvalue weighted by Gasteiger charge is 2.22. The predicted octanol–water partition coefficient (Wildman–Crippen LogP) is 1.84. The summed E-state index contributed by atoms with van der Waals surface area (Å²) in [5.74, 6) is -0.0772. The third-order valence-corrected chi connectivity index (χ3v) is 4.79. The number of rotatable bonds is 3. The highest BCUT2D eigenvalue weighted by molar-refractivity contribution is 5.95. The Balaban J connectivity index is 1.79. The number of hydrogen-bond acceptors (Lipinski definition) is 5. The Morgan fingerprint density at radius 2 is 2.07 bits per heavy atom. The maximum Gasteiger partial charge on any atom is 0.329 e. The van der Waals surface area contributed by atoms with Gasteiger partial charge in [-0.1, -0.05) is 12.1 Å². The Hall–Kier alpha value is -3.00. The molecule has 1 saturated heterocycles. The second-order valence-electron chi connectivity index (χ2n) is 6.85. The van der Waals surface area contributed by atoms with Crippen molar-refractivity contribution in [2.75, 3.05) is 27.3 Å². The summed E-state index contributed by atoms with van der Waals surface area (Å²) in [6.07, 6.45) is 3.16. The van der Waals surface area contributed by atoms with E-state index in [-0.39, 0.29) is 17.6 Å². The van der Waals surface area contributed by atoms with Crippen LogP contribution in [0.4, 0.5) is 0 Å². The van der Waals surface area contributed by atoms with E-state index >= 15 is 0 Å². The summed E-state index contributed by atoms with van der Waals surface area (Å²) in [6.45, 7) is 1.26. The minimum absolute atomic E-state index is 0.0474. The normalized spacial score (nSPS) is 15.2. The monoisotopic (exact) mass is 367 g/mol. The lowest BCUT2D eigenvalue weighted by Gasteiger charge is -2.22. The third-order valence-electron chi connectivity index (χ3n) is 4.79. The van der Waals surface area contributed by atoms with Crippen molar-refractivity contribution in [2.24, 2.45) is 0 Å². The van der Waals surface area contributed by atoms with E-state index in [0.29, 0.717) is 35.8 Å². The van der Waals surface area contributed by atoms with Gasteiger partial charge in [-0.15, -0.1) is 0 Å². The molecule has 1 aliphatic rings. The van der Waals surface area contributed by atoms with Gasteiger partial charge in [0, 0.05) is 44.5 Å². The molecule has 0 bridgehead atoms. The molecule has 0 saturated carbocycles. The van der Waals surface area contributed by atoms with Gasteiger partial charge in [0.15, 0.2) is 11.3 Å². The number of aromatic amines is 1. The fourth-order valence-electron chi connectivity index (χ4n) is 3.38. The molecule has 1 aromatic carbocycles. The first kappa shape index (κ1) is 17.4. The molecule has 2 aromatic heterocycles. The van der Waals surface area contributed by atoms with Gasteiger partial charge in [-0.2, -0.15) is 0 Å². The molecule has 3 heterocycles. The fourth-order valence-corrected chi connectivity index (χ4v) is 3.38. The molecule has 1 aliphatic heterocycles. The van der Waals surface area contributed by atoms with Gasteiger partial charge in [0.1, 0.15) is 0 Å². The lowest BCUT2D eigenvalue weighted by atomic mass is 10.1. The van der Waals surface area contributed by atoms with Crippen LogP contribution in [0.2, 0.25) is 0 Å². The number of carbonyl (C=O) groups is 1. The number of nitrogens with one attached hydrogen (secondary N) is 1. The standard InChI is InChI=1S/C19H21N5O3/c1-23(2)18(25)13-5-3-4-12(10-13)15-11-20-16-17(21-15)24(19(26)22-16)14-6-8-27-9-7-14/h3-5,10-11,14H,6-9H2,1-2H3,(H,20,22,26). The van der Waals surface area contributed by atoms with Crippen LogP contribution in [0.25, 0.3) is 22.6 Å². The number of hydrogen-bond donors (Lipinski definition) is 1. The van der Waals surface area contributed by atoms with Crippen molar-refractivity contribution in [1.82, 2.24) is 24.4 Å². The summed E-state index contributed by atoms with van der Waals surface area (Å²) < 4.78 is 7.08. The molecular formula is C19H21N5O3. The molecule has 0 unspecified atom stereocenters. The maximum absolute atomic E-state index is 12.4. The Bertz CT molecular complexity index is 1050. The number of aromatic nitrogens is 4. The van der Waals surface area contributed by atoms with Crippen LogP contribution in [0.3, 0.4) is 0 Å². The molecular weight excluding hydrogens is 346 g/mol. The minimum atomic E-state index is -0.203. The SMILES string of the molecule is CN(C)C(=O)c1cccc(-c2cnc3[nH]c(=O)n(C4CCOCC4)c3n2)c1. The molecule has 27 heavy (non-hydrogen) atoms. The molecule has 0 spiro atoms. The first-order chi connectivity index (χ1) is 13.0. The van der Waals surface area contributed by atoms with Crippen LogP contribution in [0.15, 0.2) is 35.3 Å². The lowest BCUT2D eigenvalue weighted by Crippen LogP contribution is -2.27. The molecule has 0 atom stereocenters. The molecule has 3 aromatic rings. The van der Waals surface area contributed by atoms with Crippen molar-refractivity contribution in [3.63, 3.8) is 0 Å². The van der Waals surface area contributed by atoms with E-state index in [0.717, 1.165) is 18.4 Å². The topological polar surface area (TPSA) is 93.1 Å². The number of fused-ring (bicyclic) bond motifs is 1. The first-order valence-corrected chi connectivity index (χ1v) is 8.91. The zero-order valence-corrected chi connectivity index (χ0v) is 15.3. The molecule has 0 aliphatic carbocycles. The Morgan fingerprint density at radius 3 is 2.81 bits per heavy atom. The van der Waals surface area contributed by atoms with Crippen LogP contribution in [0.5, 0.6) is 0 Å². The average Bonchev–Trinajstić information content (AvgIpc) is 3.03. The van der Waals surface area contributed by atoms with Crippen molar-refractivity contribution < 1.29 is 9.53 Å². The fraction of sp³-hybridized carbons (Fsp3) is 0.368. The summed E-state index contributed by atoms with van der Waals surface area (Å²) in [5, 5.41) is 0. The maximum atomic E-state index is 12.4. The Morgan fingerprint density at radius 1 is 1.30 bits per heavy atom. The lowest BCUT2D eigenvalue weighted by molar-refractivity contribution is 0.0697. The zero-order valence-electron chi connectivity index (χ0n) is 15.3. The largest absolute Gasteiger partial charge is 0.381 e. The number of H-pyrrole nitrogens is 1. The summed E-state index contributed by atoms with van der Waals surface area (Å²) in [7, 11) is 3.43. The second-order valence-corrected chi connectivity index (χ2v) is 6.85. The van der Waals surface area contributed by atoms with Crippen LogP contribution in [-0.2, 0) is 4.74 Å². The van der Waals surface area contributed by atoms with Gasteiger partial charge < -0.3 is 9.64 Å². The van der Waals surface area contributed by atoms with E-state index in [1.54, 1.807) is 37.0 Å². The van der Waals surface area contributed by atoms with Gasteiger partial charge in [-0.3, -0.25) is 14.3 Å². The van der Waals surface area contributed by atoms with Crippen LogP contribution < -0.4 is 5.69 Å². The first-order valence-electron chi connectivity index (χ1n) is 8.91. The number of carbonyl (C=O) groups excluding carboxylic acids is 1. The highest BCUT2D eigenvalue weighted by Crippen LogP contribution is 2.24. The van der Waals surface area contributed by atoms with E-state index < -0.39 is 0 Å². The number of benzene rings is 1. The number of imidazole rings is 1. The van der Waals surface area contributed by atoms with E-state index in [9.17, 15) is 9.59 Å².